The van der Waals surface area contributed by atoms with E-state index in [0.29, 0.717) is 17.5 Å². The first-order chi connectivity index (χ1) is 39.9. The number of hydrogen-bond acceptors (Lipinski definition) is 15. The van der Waals surface area contributed by atoms with Gasteiger partial charge in [-0.15, -0.1) is 0 Å². The predicted molar refractivity (Wildman–Crippen MR) is 329 cm³/mol. The number of aromatic amines is 1. The number of hydrogen-bond donors (Lipinski definition) is 6. The van der Waals surface area contributed by atoms with Gasteiger partial charge in [-0.05, 0) is 151 Å². The number of nitrogens with zero attached hydrogens (tertiary/aromatic N) is 11. The molecule has 11 rings (SSSR count). The van der Waals surface area contributed by atoms with Crippen LogP contribution in [0, 0.1) is 26.6 Å². The average molecular weight is 1130 g/mol. The molecule has 6 aromatic heterocycles. The molecule has 0 bridgehead atoms. The first-order valence-corrected chi connectivity index (χ1v) is 26.3. The maximum Gasteiger partial charge on any atom is 0.300 e. The van der Waals surface area contributed by atoms with E-state index in [0.717, 1.165) is 86.1 Å². The third-order valence-corrected chi connectivity index (χ3v) is 11.7. The summed E-state index contributed by atoms with van der Waals surface area (Å²) in [6.45, 7) is 19.9. The van der Waals surface area contributed by atoms with Gasteiger partial charge >= 0.3 is 0 Å². The summed E-state index contributed by atoms with van der Waals surface area (Å²) in [5.41, 5.74) is 31.3. The number of carbonyl (C=O) groups excluding carboxylic acids is 2. The number of halogens is 1. The molecular formula is C63H69FN16O4. The van der Waals surface area contributed by atoms with Crippen LogP contribution in [0.25, 0.3) is 56.0 Å². The van der Waals surface area contributed by atoms with Crippen LogP contribution in [0.2, 0.25) is 0 Å². The number of aryl methyl sites for hydroxylation is 3. The molecular weight excluding hydrogens is 1060 g/mol. The van der Waals surface area contributed by atoms with E-state index in [1.165, 1.54) is 17.7 Å². The molecule has 0 unspecified atom stereocenters. The van der Waals surface area contributed by atoms with Gasteiger partial charge in [0.05, 0.1) is 57.9 Å². The van der Waals surface area contributed by atoms with Crippen LogP contribution in [-0.4, -0.2) is 88.4 Å². The average Bonchev–Trinajstić information content (AvgIpc) is 2.31. The van der Waals surface area contributed by atoms with Crippen molar-refractivity contribution in [3.05, 3.63) is 205 Å². The zero-order valence-electron chi connectivity index (χ0n) is 48.5. The van der Waals surface area contributed by atoms with E-state index in [4.69, 9.17) is 32.1 Å². The van der Waals surface area contributed by atoms with Gasteiger partial charge in [0.25, 0.3) is 5.97 Å². The van der Waals surface area contributed by atoms with Crippen molar-refractivity contribution in [1.29, 1.82) is 0 Å². The van der Waals surface area contributed by atoms with Crippen LogP contribution >= 0.6 is 0 Å². The lowest BCUT2D eigenvalue weighted by Gasteiger charge is -2.25. The van der Waals surface area contributed by atoms with E-state index < -0.39 is 11.8 Å². The second-order valence-electron chi connectivity index (χ2n) is 21.0. The van der Waals surface area contributed by atoms with Crippen molar-refractivity contribution < 1.29 is 23.9 Å². The fourth-order valence-electron chi connectivity index (χ4n) is 7.99. The molecule has 5 aromatic carbocycles. The summed E-state index contributed by atoms with van der Waals surface area (Å²) >= 11 is 0. The fourth-order valence-corrected chi connectivity index (χ4v) is 7.99. The number of aldehydes is 2. The maximum atomic E-state index is 12.4. The number of nitrogens with one attached hydrogen (secondary N) is 2. The number of benzene rings is 5. The van der Waals surface area contributed by atoms with Gasteiger partial charge in [-0.25, -0.2) is 38.7 Å². The van der Waals surface area contributed by atoms with E-state index in [9.17, 15) is 14.0 Å². The summed E-state index contributed by atoms with van der Waals surface area (Å²) in [6, 6.07) is 33.6. The normalized spacial score (nSPS) is 10.7. The largest absolute Gasteiger partial charge is 0.481 e. The van der Waals surface area contributed by atoms with Crippen LogP contribution < -0.4 is 22.5 Å². The molecule has 0 saturated heterocycles. The molecule has 0 aliphatic carbocycles. The standard InChI is InChI=1S/C25H25N7.C14H19N5.C11H10N2O.C7H5FO.C4H6N2.C2H4O2/c1-16-12-29-31(15-16)21-8-6-5-7-19(21)23-30-20-11-17(18-13-27-24(26)28-14-18)9-10-22(20)32(23)25(2,3)4;1-14(2,3)19-12-5-4-9(6-11(12)15)10-7-17-13(16)18-8-10;1-9-6-12-13(7-9)11-5-3-2-4-10(11)8-14;8-7-4-2-1-3-6(7)5-9;1-4-2-5-6-3-4;1-2(3)4/h5-15H,1-4H3,(H2,26,27,28);4-8,19H,15H2,1-3H3,(H2,16,17,18);2-8H,1H3;1-5H;2-3H,1H3,(H,5,6);1H3,(H,3,4). The number of aliphatic carboxylic acids is 1. The van der Waals surface area contributed by atoms with E-state index in [1.807, 2.05) is 98.8 Å². The van der Waals surface area contributed by atoms with Crippen LogP contribution in [-0.2, 0) is 10.3 Å². The fraction of sp³-hybridized carbons (Fsp3) is 0.190. The number of rotatable bonds is 8. The highest BCUT2D eigenvalue weighted by atomic mass is 19.1. The van der Waals surface area contributed by atoms with Gasteiger partial charge in [0.1, 0.15) is 11.6 Å². The van der Waals surface area contributed by atoms with E-state index >= 15 is 0 Å². The second-order valence-corrected chi connectivity index (χ2v) is 21.0. The van der Waals surface area contributed by atoms with Crippen LogP contribution in [0.5, 0.6) is 0 Å². The number of nitrogen functional groups attached to an aromatic ring is 3. The summed E-state index contributed by atoms with van der Waals surface area (Å²) in [4.78, 5) is 51.1. The second kappa shape index (κ2) is 28.6. The molecule has 0 fully saturated rings. The summed E-state index contributed by atoms with van der Waals surface area (Å²) in [6.07, 6.45) is 19.4. The Bertz CT molecular complexity index is 3910. The lowest BCUT2D eigenvalue weighted by Crippen LogP contribution is -2.26. The highest BCUT2D eigenvalue weighted by Crippen LogP contribution is 2.36. The minimum atomic E-state index is -0.833. The summed E-state index contributed by atoms with van der Waals surface area (Å²) in [5.74, 6) is 0.136. The molecule has 0 aliphatic heterocycles. The molecule has 20 nitrogen and oxygen atoms in total. The van der Waals surface area contributed by atoms with Crippen LogP contribution in [0.15, 0.2) is 171 Å². The Labute approximate surface area is 486 Å². The summed E-state index contributed by atoms with van der Waals surface area (Å²) < 4.78 is 18.3. The third kappa shape index (κ3) is 17.9. The summed E-state index contributed by atoms with van der Waals surface area (Å²) in [7, 11) is 0. The number of fused-ring (bicyclic) bond motifs is 1. The molecule has 0 saturated carbocycles. The lowest BCUT2D eigenvalue weighted by atomic mass is 10.0. The predicted octanol–water partition coefficient (Wildman–Crippen LogP) is 12.0. The first-order valence-electron chi connectivity index (χ1n) is 26.3. The maximum absolute atomic E-state index is 12.4. The molecule has 0 radical (unpaired) electrons. The summed E-state index contributed by atoms with van der Waals surface area (Å²) in [5, 5.41) is 25.8. The van der Waals surface area contributed by atoms with Crippen LogP contribution in [0.4, 0.5) is 27.7 Å². The van der Waals surface area contributed by atoms with Crippen LogP contribution in [0.3, 0.4) is 0 Å². The lowest BCUT2D eigenvalue weighted by molar-refractivity contribution is -0.134. The van der Waals surface area contributed by atoms with Crippen LogP contribution in [0.1, 0.15) is 85.9 Å². The molecule has 432 valence electrons. The van der Waals surface area contributed by atoms with E-state index in [1.54, 1.807) is 60.1 Å². The Morgan fingerprint density at radius 3 is 1.57 bits per heavy atom. The molecule has 0 aliphatic rings. The zero-order chi connectivity index (χ0) is 61.1. The molecule has 9 N–H and O–H groups in total. The SMILES string of the molecule is CC(=O)O.CC(C)(C)Nc1ccc(-c2cnc(N)nc2)cc1N.Cc1cn[nH]c1.Cc1cnn(-c2ccccc2-c2nc3cc(-c4cnc(N)nc4)ccc3n2C(C)(C)C)c1.Cc1cnn(-c2ccccc2C=O)c1.O=Cc1ccccc1F. The number of carboxylic acids is 1. The van der Waals surface area contributed by atoms with Gasteiger partial charge in [0, 0.05) is 83.6 Å². The van der Waals surface area contributed by atoms with Crippen molar-refractivity contribution in [2.45, 2.75) is 80.3 Å². The molecule has 11 aromatic rings. The van der Waals surface area contributed by atoms with Crippen molar-refractivity contribution in [2.75, 3.05) is 22.5 Å². The third-order valence-electron chi connectivity index (χ3n) is 11.7. The van der Waals surface area contributed by atoms with E-state index in [2.05, 4.69) is 122 Å². The quantitative estimate of drug-likeness (QED) is 0.0609. The molecule has 84 heavy (non-hydrogen) atoms. The van der Waals surface area contributed by atoms with Gasteiger partial charge in [0.2, 0.25) is 11.9 Å². The van der Waals surface area contributed by atoms with Crippen molar-refractivity contribution in [2.24, 2.45) is 0 Å². The number of carbonyl (C=O) groups is 3. The number of H-pyrrole nitrogens is 1. The van der Waals surface area contributed by atoms with Gasteiger partial charge in [-0.1, -0.05) is 48.5 Å². The minimum absolute atomic E-state index is 0.0278. The minimum Gasteiger partial charge on any atom is -0.481 e. The number of para-hydroxylation sites is 2. The van der Waals surface area contributed by atoms with Crippen molar-refractivity contribution >= 4 is 52.8 Å². The Kier molecular flexibility index (Phi) is 21.3. The van der Waals surface area contributed by atoms with Gasteiger partial charge in [-0.2, -0.15) is 15.3 Å². The first kappa shape index (κ1) is 62.5. The van der Waals surface area contributed by atoms with Crippen molar-refractivity contribution in [3.63, 3.8) is 0 Å². The highest BCUT2D eigenvalue weighted by molar-refractivity contribution is 5.87. The van der Waals surface area contributed by atoms with E-state index in [-0.39, 0.29) is 28.5 Å². The smallest absolute Gasteiger partial charge is 0.300 e. The number of imidazole rings is 1. The zero-order valence-corrected chi connectivity index (χ0v) is 48.5. The molecule has 21 heteroatoms. The Hall–Kier alpha value is -10.7. The molecule has 6 heterocycles. The van der Waals surface area contributed by atoms with Crippen molar-refractivity contribution in [1.82, 2.24) is 59.2 Å². The van der Waals surface area contributed by atoms with Gasteiger partial charge < -0.3 is 32.2 Å². The monoisotopic (exact) mass is 1130 g/mol. The number of nitrogens with two attached hydrogens (primary N) is 3. The number of carboxylic acid groups (broad SMARTS) is 1. The Balaban J connectivity index is 0.000000184. The highest BCUT2D eigenvalue weighted by Gasteiger charge is 2.25. The van der Waals surface area contributed by atoms with Gasteiger partial charge in [-0.3, -0.25) is 19.5 Å². The molecule has 0 spiro atoms. The number of aromatic nitrogens is 12. The number of anilines is 4. The van der Waals surface area contributed by atoms with Crippen molar-refractivity contribution in [3.8, 4) is 45.0 Å². The molecule has 0 atom stereocenters. The molecule has 0 amide bonds. The topological polar surface area (TPSA) is 295 Å². The van der Waals surface area contributed by atoms with Gasteiger partial charge in [0.15, 0.2) is 12.6 Å². The Morgan fingerprint density at radius 1 is 0.619 bits per heavy atom. The Morgan fingerprint density at radius 2 is 1.12 bits per heavy atom.